The molecule has 1 unspecified atom stereocenters. The molecule has 196 valence electrons. The Morgan fingerprint density at radius 1 is 0.795 bits per heavy atom. The number of aryl methyl sites for hydroxylation is 1. The first-order chi connectivity index (χ1) is 18.3. The third-order valence-corrected chi connectivity index (χ3v) is 8.15. The van der Waals surface area contributed by atoms with E-state index in [1.54, 1.807) is 14.2 Å². The monoisotopic (exact) mass is 552 g/mol. The number of hydrogen-bond donors (Lipinski definition) is 0. The first kappa shape index (κ1) is 29.0. The summed E-state index contributed by atoms with van der Waals surface area (Å²) in [5, 5.41) is 1.10. The van der Waals surface area contributed by atoms with Crippen LogP contribution in [0.25, 0.3) is 21.8 Å². The fraction of sp³-hybridized carbons (Fsp3) is 0.200. The molecular formula is C30H29N2NaO5S. The molecule has 0 saturated carbocycles. The number of hydrogen-bond acceptors (Lipinski definition) is 6. The maximum atomic E-state index is 11.6. The number of benzene rings is 4. The molecule has 39 heavy (non-hydrogen) atoms. The summed E-state index contributed by atoms with van der Waals surface area (Å²) < 4.78 is 47.6. The van der Waals surface area contributed by atoms with E-state index in [1.165, 1.54) is 6.92 Å². The van der Waals surface area contributed by atoms with Gasteiger partial charge in [-0.1, -0.05) is 24.3 Å². The molecule has 0 saturated heterocycles. The topological polar surface area (TPSA) is 83.8 Å². The largest absolute Gasteiger partial charge is 1.00 e. The maximum absolute atomic E-state index is 11.6. The molecule has 0 bridgehead atoms. The van der Waals surface area contributed by atoms with E-state index in [4.69, 9.17) is 9.47 Å². The fourth-order valence-corrected chi connectivity index (χ4v) is 5.25. The number of anilines is 3. The summed E-state index contributed by atoms with van der Waals surface area (Å²) in [7, 11) is -1.07. The number of fused-ring (bicyclic) bond motifs is 3. The van der Waals surface area contributed by atoms with Crippen molar-refractivity contribution in [1.82, 2.24) is 4.57 Å². The van der Waals surface area contributed by atoms with Crippen LogP contribution in [0.4, 0.5) is 17.1 Å². The molecule has 0 spiro atoms. The van der Waals surface area contributed by atoms with E-state index in [1.807, 2.05) is 78.9 Å². The van der Waals surface area contributed by atoms with Crippen LogP contribution in [0.15, 0.2) is 91.0 Å². The van der Waals surface area contributed by atoms with Crippen LogP contribution in [0, 0.1) is 0 Å². The van der Waals surface area contributed by atoms with Crippen LogP contribution in [0.5, 0.6) is 11.5 Å². The van der Waals surface area contributed by atoms with Crippen molar-refractivity contribution in [2.24, 2.45) is 0 Å². The van der Waals surface area contributed by atoms with Crippen LogP contribution in [0.2, 0.25) is 0 Å². The van der Waals surface area contributed by atoms with Crippen molar-refractivity contribution in [2.45, 2.75) is 25.1 Å². The van der Waals surface area contributed by atoms with E-state index in [0.717, 1.165) is 50.4 Å². The minimum absolute atomic E-state index is 0. The summed E-state index contributed by atoms with van der Waals surface area (Å²) in [5.41, 5.74) is 4.82. The second-order valence-electron chi connectivity index (χ2n) is 9.16. The average molecular weight is 553 g/mol. The van der Waals surface area contributed by atoms with E-state index in [2.05, 4.69) is 21.6 Å². The Kier molecular flexibility index (Phi) is 8.93. The van der Waals surface area contributed by atoms with Gasteiger partial charge in [0.25, 0.3) is 0 Å². The zero-order valence-corrected chi connectivity index (χ0v) is 25.3. The van der Waals surface area contributed by atoms with Crippen LogP contribution in [-0.2, 0) is 16.7 Å². The third-order valence-electron chi connectivity index (χ3n) is 6.93. The van der Waals surface area contributed by atoms with Crippen molar-refractivity contribution in [3.63, 3.8) is 0 Å². The van der Waals surface area contributed by atoms with Gasteiger partial charge >= 0.3 is 29.6 Å². The van der Waals surface area contributed by atoms with Crippen LogP contribution >= 0.6 is 0 Å². The van der Waals surface area contributed by atoms with Gasteiger partial charge in [0.1, 0.15) is 11.5 Å². The van der Waals surface area contributed by atoms with Crippen molar-refractivity contribution >= 4 is 49.0 Å². The van der Waals surface area contributed by atoms with Crippen LogP contribution in [0.3, 0.4) is 0 Å². The van der Waals surface area contributed by atoms with Crippen molar-refractivity contribution in [3.05, 3.63) is 91.0 Å². The second kappa shape index (κ2) is 12.0. The fourth-order valence-electron chi connectivity index (χ4n) is 4.85. The molecule has 0 aliphatic heterocycles. The summed E-state index contributed by atoms with van der Waals surface area (Å²) >= 11 is 0. The van der Waals surface area contributed by atoms with Gasteiger partial charge < -0.3 is 23.5 Å². The van der Waals surface area contributed by atoms with E-state index in [9.17, 15) is 13.0 Å². The summed E-state index contributed by atoms with van der Waals surface area (Å²) in [4.78, 5) is 2.18. The van der Waals surface area contributed by atoms with Crippen LogP contribution in [-0.4, -0.2) is 37.0 Å². The molecule has 1 atom stereocenters. The number of rotatable bonds is 9. The predicted octanol–water partition coefficient (Wildman–Crippen LogP) is 3.61. The number of nitrogens with zero attached hydrogens (tertiary/aromatic N) is 2. The Morgan fingerprint density at radius 3 is 1.87 bits per heavy atom. The number of aromatic nitrogens is 1. The molecule has 0 N–H and O–H groups in total. The summed E-state index contributed by atoms with van der Waals surface area (Å²) in [6.07, 6.45) is 0.227. The van der Waals surface area contributed by atoms with Gasteiger partial charge in [-0.25, -0.2) is 8.42 Å². The van der Waals surface area contributed by atoms with E-state index in [-0.39, 0.29) is 36.0 Å². The van der Waals surface area contributed by atoms with Crippen molar-refractivity contribution in [1.29, 1.82) is 0 Å². The molecule has 4 aromatic carbocycles. The van der Waals surface area contributed by atoms with Crippen molar-refractivity contribution < 1.29 is 52.0 Å². The van der Waals surface area contributed by atoms with Crippen molar-refractivity contribution in [3.8, 4) is 11.5 Å². The quantitative estimate of drug-likeness (QED) is 0.205. The third kappa shape index (κ3) is 5.81. The SMILES string of the molecule is COc1ccc(N(c2ccc(OC)cc2)c2cccc3c2c2ccccc2n3CCC(C)S(=O)(=O)[O-])cc1.[Na+]. The van der Waals surface area contributed by atoms with Gasteiger partial charge in [-0.15, -0.1) is 0 Å². The minimum atomic E-state index is -4.36. The smallest absolute Gasteiger partial charge is 0.748 e. The first-order valence-electron chi connectivity index (χ1n) is 12.3. The normalized spacial score (nSPS) is 12.2. The molecule has 9 heteroatoms. The average Bonchev–Trinajstić information content (AvgIpc) is 3.26. The van der Waals surface area contributed by atoms with Gasteiger partial charge in [-0.2, -0.15) is 0 Å². The zero-order valence-electron chi connectivity index (χ0n) is 22.5. The Morgan fingerprint density at radius 2 is 1.33 bits per heavy atom. The molecular weight excluding hydrogens is 523 g/mol. The van der Waals surface area contributed by atoms with Gasteiger partial charge in [0.15, 0.2) is 0 Å². The molecule has 0 aliphatic carbocycles. The van der Waals surface area contributed by atoms with E-state index in [0.29, 0.717) is 6.54 Å². The van der Waals surface area contributed by atoms with Gasteiger partial charge in [0, 0.05) is 39.5 Å². The molecule has 0 fully saturated rings. The molecule has 0 amide bonds. The Bertz CT molecular complexity index is 1640. The number of para-hydroxylation sites is 1. The minimum Gasteiger partial charge on any atom is -0.748 e. The van der Waals surface area contributed by atoms with E-state index >= 15 is 0 Å². The second-order valence-corrected chi connectivity index (χ2v) is 11.0. The van der Waals surface area contributed by atoms with Gasteiger partial charge in [-0.05, 0) is 80.1 Å². The first-order valence-corrected chi connectivity index (χ1v) is 13.8. The predicted molar refractivity (Wildman–Crippen MR) is 151 cm³/mol. The van der Waals surface area contributed by atoms with E-state index < -0.39 is 15.4 Å². The standard InChI is InChI=1S/C30H30N2O5S.Na/c1-21(38(33,34)35)19-20-31-27-8-5-4-7-26(27)30-28(31)9-6-10-29(30)32(22-11-15-24(36-2)16-12-22)23-13-17-25(37-3)18-14-23;/h4-18,21H,19-20H2,1-3H3,(H,33,34,35);/q;+1/p-1. The van der Waals surface area contributed by atoms with Gasteiger partial charge in [-0.3, -0.25) is 0 Å². The molecule has 0 aliphatic rings. The Balaban J connectivity index is 0.00000353. The molecule has 1 heterocycles. The molecule has 7 nitrogen and oxygen atoms in total. The Labute approximate surface area is 251 Å². The van der Waals surface area contributed by atoms with Crippen LogP contribution < -0.4 is 43.9 Å². The summed E-state index contributed by atoms with van der Waals surface area (Å²) in [6.45, 7) is 1.87. The summed E-state index contributed by atoms with van der Waals surface area (Å²) in [6, 6.07) is 30.0. The molecule has 0 radical (unpaired) electrons. The van der Waals surface area contributed by atoms with Gasteiger partial charge in [0.2, 0.25) is 0 Å². The maximum Gasteiger partial charge on any atom is 1.00 e. The Hall–Kier alpha value is -3.01. The molecule has 1 aromatic heterocycles. The molecule has 5 aromatic rings. The number of ether oxygens (including phenoxy) is 2. The number of methoxy groups -OCH3 is 2. The summed E-state index contributed by atoms with van der Waals surface area (Å²) in [5.74, 6) is 1.53. The zero-order chi connectivity index (χ0) is 26.9. The van der Waals surface area contributed by atoms with Crippen LogP contribution in [0.1, 0.15) is 13.3 Å². The van der Waals surface area contributed by atoms with Crippen molar-refractivity contribution in [2.75, 3.05) is 19.1 Å². The van der Waals surface area contributed by atoms with Gasteiger partial charge in [0.05, 0.1) is 35.5 Å². The molecule has 5 rings (SSSR count).